The van der Waals surface area contributed by atoms with Crippen LogP contribution in [0.15, 0.2) is 6.07 Å². The third kappa shape index (κ3) is 2.94. The minimum atomic E-state index is -0.726. The van der Waals surface area contributed by atoms with Gasteiger partial charge in [-0.05, 0) is 25.9 Å². The molecule has 4 N–H and O–H groups in total. The summed E-state index contributed by atoms with van der Waals surface area (Å²) in [5, 5.41) is 6.44. The van der Waals surface area contributed by atoms with Gasteiger partial charge in [-0.2, -0.15) is 9.37 Å². The number of nitrogens with two attached hydrogens (primary N) is 1. The molecule has 2 aliphatic heterocycles. The van der Waals surface area contributed by atoms with Crippen LogP contribution in [0.5, 0.6) is 11.6 Å². The molecule has 0 aromatic carbocycles. The van der Waals surface area contributed by atoms with Crippen molar-refractivity contribution in [3.63, 3.8) is 0 Å². The molecular weight excluding hydrogens is 263 g/mol. The van der Waals surface area contributed by atoms with Gasteiger partial charge in [-0.3, -0.25) is 0 Å². The molecule has 1 aromatic rings. The van der Waals surface area contributed by atoms with Crippen molar-refractivity contribution < 1.29 is 13.9 Å². The number of nitrogens with zero attached hydrogens (tertiary/aromatic N) is 1. The van der Waals surface area contributed by atoms with Crippen LogP contribution in [0, 0.1) is 5.95 Å². The van der Waals surface area contributed by atoms with Crippen molar-refractivity contribution in [2.75, 3.05) is 32.0 Å². The first-order valence-electron chi connectivity index (χ1n) is 6.91. The molecule has 0 radical (unpaired) electrons. The molecule has 20 heavy (non-hydrogen) atoms. The van der Waals surface area contributed by atoms with Crippen LogP contribution in [0.2, 0.25) is 0 Å². The van der Waals surface area contributed by atoms with E-state index in [1.807, 2.05) is 0 Å². The van der Waals surface area contributed by atoms with Gasteiger partial charge in [0, 0.05) is 18.2 Å². The predicted octanol–water partition coefficient (Wildman–Crippen LogP) is 0.284. The molecule has 0 saturated carbocycles. The summed E-state index contributed by atoms with van der Waals surface area (Å²) in [6, 6.07) is 2.07. The fourth-order valence-electron chi connectivity index (χ4n) is 2.03. The Balaban J connectivity index is 1.65. The minimum Gasteiger partial charge on any atom is -0.486 e. The molecule has 0 unspecified atom stereocenters. The minimum absolute atomic E-state index is 0.0318. The number of rotatable bonds is 6. The van der Waals surface area contributed by atoms with Crippen molar-refractivity contribution in [2.45, 2.75) is 24.9 Å². The Labute approximate surface area is 116 Å². The smallest absolute Gasteiger partial charge is 0.259 e. The van der Waals surface area contributed by atoms with E-state index < -0.39 is 5.95 Å². The molecule has 2 fully saturated rings. The van der Waals surface area contributed by atoms with Crippen molar-refractivity contribution in [1.82, 2.24) is 15.6 Å². The van der Waals surface area contributed by atoms with Gasteiger partial charge in [-0.25, -0.2) is 0 Å². The molecule has 2 atom stereocenters. The summed E-state index contributed by atoms with van der Waals surface area (Å²) in [6.45, 7) is 2.96. The third-order valence-electron chi connectivity index (χ3n) is 3.65. The maximum atomic E-state index is 13.5. The fourth-order valence-corrected chi connectivity index (χ4v) is 2.03. The summed E-state index contributed by atoms with van der Waals surface area (Å²) < 4.78 is 24.6. The molecule has 1 aromatic heterocycles. The number of hydrogen-bond acceptors (Lipinski definition) is 6. The van der Waals surface area contributed by atoms with Crippen LogP contribution in [0.1, 0.15) is 12.8 Å². The largest absolute Gasteiger partial charge is 0.486 e. The highest BCUT2D eigenvalue weighted by Gasteiger charge is 2.21. The van der Waals surface area contributed by atoms with E-state index in [0.717, 1.165) is 25.9 Å². The topological polar surface area (TPSA) is 81.4 Å². The average molecular weight is 282 g/mol. The number of hydrogen-bond donors (Lipinski definition) is 3. The van der Waals surface area contributed by atoms with Crippen LogP contribution in [0.25, 0.3) is 0 Å². The number of pyridine rings is 1. The zero-order valence-electron chi connectivity index (χ0n) is 11.2. The molecule has 2 aliphatic rings. The normalized spacial score (nSPS) is 24.6. The summed E-state index contributed by atoms with van der Waals surface area (Å²) in [4.78, 5) is 3.74. The Bertz CT molecular complexity index is 435. The average Bonchev–Trinajstić information content (AvgIpc) is 2.30. The van der Waals surface area contributed by atoms with E-state index in [1.165, 1.54) is 6.07 Å². The first-order chi connectivity index (χ1) is 9.72. The zero-order valence-corrected chi connectivity index (χ0v) is 11.2. The molecule has 0 amide bonds. The van der Waals surface area contributed by atoms with Gasteiger partial charge in [0.05, 0.1) is 5.69 Å². The number of anilines is 1. The quantitative estimate of drug-likeness (QED) is 0.650. The SMILES string of the molecule is Nc1cc(OC[C@H]2CCN2)c(OC[C@H]2CCN2)nc1F. The van der Waals surface area contributed by atoms with Gasteiger partial charge in [0.1, 0.15) is 13.2 Å². The van der Waals surface area contributed by atoms with Crippen LogP contribution in [0.3, 0.4) is 0 Å². The van der Waals surface area contributed by atoms with Crippen molar-refractivity contribution in [3.05, 3.63) is 12.0 Å². The van der Waals surface area contributed by atoms with Crippen LogP contribution in [0.4, 0.5) is 10.1 Å². The second-order valence-corrected chi connectivity index (χ2v) is 5.17. The maximum Gasteiger partial charge on any atom is 0.259 e. The molecule has 2 saturated heterocycles. The van der Waals surface area contributed by atoms with Gasteiger partial charge < -0.3 is 25.8 Å². The Morgan fingerprint density at radius 3 is 2.35 bits per heavy atom. The highest BCUT2D eigenvalue weighted by molar-refractivity contribution is 5.47. The van der Waals surface area contributed by atoms with E-state index >= 15 is 0 Å². The van der Waals surface area contributed by atoms with Crippen molar-refractivity contribution in [3.8, 4) is 11.6 Å². The van der Waals surface area contributed by atoms with E-state index in [-0.39, 0.29) is 11.6 Å². The maximum absolute atomic E-state index is 13.5. The van der Waals surface area contributed by atoms with Gasteiger partial charge in [0.15, 0.2) is 5.75 Å². The van der Waals surface area contributed by atoms with E-state index in [1.54, 1.807) is 0 Å². The number of nitrogen functional groups attached to an aromatic ring is 1. The van der Waals surface area contributed by atoms with Crippen molar-refractivity contribution in [1.29, 1.82) is 0 Å². The Morgan fingerprint density at radius 1 is 1.20 bits per heavy atom. The molecule has 3 rings (SSSR count). The number of aromatic nitrogens is 1. The van der Waals surface area contributed by atoms with Gasteiger partial charge in [0.2, 0.25) is 5.95 Å². The highest BCUT2D eigenvalue weighted by Crippen LogP contribution is 2.29. The highest BCUT2D eigenvalue weighted by atomic mass is 19.1. The number of halogens is 1. The second-order valence-electron chi connectivity index (χ2n) is 5.17. The lowest BCUT2D eigenvalue weighted by Gasteiger charge is -2.28. The van der Waals surface area contributed by atoms with E-state index in [0.29, 0.717) is 31.0 Å². The molecule has 3 heterocycles. The summed E-state index contributed by atoms with van der Waals surface area (Å²) in [5.41, 5.74) is 5.50. The molecule has 6 nitrogen and oxygen atoms in total. The molecule has 0 bridgehead atoms. The van der Waals surface area contributed by atoms with Gasteiger partial charge in [-0.1, -0.05) is 0 Å². The standard InChI is InChI=1S/C13H19FN4O2/c14-12-10(15)5-11(19-6-8-1-3-16-8)13(18-12)20-7-9-2-4-17-9/h5,8-9,16-17H,1-4,6-7,15H2/t8-,9-/m1/s1. The van der Waals surface area contributed by atoms with Gasteiger partial charge in [0.25, 0.3) is 5.88 Å². The molecular formula is C13H19FN4O2. The first-order valence-corrected chi connectivity index (χ1v) is 6.91. The molecule has 0 spiro atoms. The number of ether oxygens (including phenoxy) is 2. The fraction of sp³-hybridized carbons (Fsp3) is 0.615. The Hall–Kier alpha value is -1.60. The Kier molecular flexibility index (Phi) is 3.88. The van der Waals surface area contributed by atoms with Crippen LogP contribution < -0.4 is 25.8 Å². The third-order valence-corrected chi connectivity index (χ3v) is 3.65. The van der Waals surface area contributed by atoms with Crippen LogP contribution >= 0.6 is 0 Å². The van der Waals surface area contributed by atoms with Crippen LogP contribution in [-0.2, 0) is 0 Å². The van der Waals surface area contributed by atoms with E-state index in [9.17, 15) is 4.39 Å². The molecule has 7 heteroatoms. The van der Waals surface area contributed by atoms with Gasteiger partial charge in [-0.15, -0.1) is 0 Å². The van der Waals surface area contributed by atoms with E-state index in [4.69, 9.17) is 15.2 Å². The summed E-state index contributed by atoms with van der Waals surface area (Å²) >= 11 is 0. The summed E-state index contributed by atoms with van der Waals surface area (Å²) in [7, 11) is 0. The first kappa shape index (κ1) is 13.4. The lowest BCUT2D eigenvalue weighted by atomic mass is 10.1. The lowest BCUT2D eigenvalue weighted by Crippen LogP contribution is -2.47. The summed E-state index contributed by atoms with van der Waals surface area (Å²) in [5.74, 6) is -0.155. The van der Waals surface area contributed by atoms with Crippen LogP contribution in [-0.4, -0.2) is 43.4 Å². The van der Waals surface area contributed by atoms with Gasteiger partial charge >= 0.3 is 0 Å². The predicted molar refractivity (Wildman–Crippen MR) is 72.4 cm³/mol. The van der Waals surface area contributed by atoms with E-state index in [2.05, 4.69) is 15.6 Å². The van der Waals surface area contributed by atoms with Crippen molar-refractivity contribution >= 4 is 5.69 Å². The monoisotopic (exact) mass is 282 g/mol. The lowest BCUT2D eigenvalue weighted by molar-refractivity contribution is 0.182. The summed E-state index contributed by atoms with van der Waals surface area (Å²) in [6.07, 6.45) is 2.13. The number of nitrogens with one attached hydrogen (secondary N) is 2. The second kappa shape index (κ2) is 5.80. The molecule has 0 aliphatic carbocycles. The zero-order chi connectivity index (χ0) is 13.9. The Morgan fingerprint density at radius 2 is 1.80 bits per heavy atom. The van der Waals surface area contributed by atoms with Crippen molar-refractivity contribution in [2.24, 2.45) is 0 Å². The molecule has 110 valence electrons.